The van der Waals surface area contributed by atoms with Crippen LogP contribution in [0, 0.1) is 42.2 Å². The number of carbonyl (C=O) groups excluding carboxylic acids is 1. The summed E-state index contributed by atoms with van der Waals surface area (Å²) in [5.74, 6) is 1.48. The average Bonchev–Trinajstić information content (AvgIpc) is 3.35. The summed E-state index contributed by atoms with van der Waals surface area (Å²) in [6, 6.07) is -2.16. The van der Waals surface area contributed by atoms with E-state index in [2.05, 4.69) is 6.92 Å². The molecule has 0 heterocycles. The molecule has 1 aliphatic rings. The minimum Gasteiger partial charge on any atom is -0.287 e. The van der Waals surface area contributed by atoms with Crippen LogP contribution in [-0.2, 0) is 4.79 Å². The quantitative estimate of drug-likeness (QED) is 0.129. The maximum atomic E-state index is 11.1. The van der Waals surface area contributed by atoms with E-state index in [-0.39, 0.29) is 12.8 Å². The van der Waals surface area contributed by atoms with Crippen LogP contribution in [-0.4, -0.2) is 32.8 Å². The Labute approximate surface area is 158 Å². The van der Waals surface area contributed by atoms with Crippen molar-refractivity contribution in [1.29, 1.82) is 0 Å². The summed E-state index contributed by atoms with van der Waals surface area (Å²) < 4.78 is 0. The second-order valence-corrected chi connectivity index (χ2v) is 7.46. The lowest BCUT2D eigenvalue weighted by Crippen LogP contribution is -2.60. The molecule has 154 valence electrons. The highest BCUT2D eigenvalue weighted by Crippen LogP contribution is 2.45. The van der Waals surface area contributed by atoms with E-state index in [1.165, 1.54) is 38.5 Å². The van der Waals surface area contributed by atoms with Crippen LogP contribution in [0.3, 0.4) is 0 Å². The molecular weight excluding hydrogens is 358 g/mol. The molecule has 0 aromatic carbocycles. The van der Waals surface area contributed by atoms with Crippen molar-refractivity contribution in [1.82, 2.24) is 0 Å². The van der Waals surface area contributed by atoms with Crippen LogP contribution in [0.5, 0.6) is 0 Å². The van der Waals surface area contributed by atoms with E-state index in [1.54, 1.807) is 0 Å². The van der Waals surface area contributed by atoms with Gasteiger partial charge in [0.1, 0.15) is 9.85 Å². The Kier molecular flexibility index (Phi) is 9.23. The first-order valence-corrected chi connectivity index (χ1v) is 9.70. The smallest absolute Gasteiger partial charge is 0.287 e. The van der Waals surface area contributed by atoms with Crippen LogP contribution in [0.4, 0.5) is 0 Å². The van der Waals surface area contributed by atoms with Gasteiger partial charge in [0.25, 0.3) is 6.29 Å². The largest absolute Gasteiger partial charge is 0.577 e. The molecule has 0 radical (unpaired) electrons. The standard InChI is InChI=1S/C17H29N3O7/c1-2-3-4-6-9-14-12-15(14)10-7-5-8-11-16(18(22)23)17(13-21,19(24)25)20(26)27/h13-16H,2-12H2,1H3. The number of hydrogen-bond acceptors (Lipinski definition) is 7. The van der Waals surface area contributed by atoms with Gasteiger partial charge in [-0.25, -0.2) is 0 Å². The maximum Gasteiger partial charge on any atom is 0.577 e. The molecule has 0 saturated heterocycles. The number of unbranched alkanes of at least 4 members (excludes halogenated alkanes) is 5. The summed E-state index contributed by atoms with van der Waals surface area (Å²) in [7, 11) is 0. The number of hydrogen-bond donors (Lipinski definition) is 0. The maximum absolute atomic E-state index is 11.1. The van der Waals surface area contributed by atoms with Gasteiger partial charge >= 0.3 is 11.7 Å². The van der Waals surface area contributed by atoms with Gasteiger partial charge in [-0.05, 0) is 24.7 Å². The van der Waals surface area contributed by atoms with Gasteiger partial charge in [0, 0.05) is 11.3 Å². The van der Waals surface area contributed by atoms with E-state index >= 15 is 0 Å². The highest BCUT2D eigenvalue weighted by atomic mass is 16.7. The van der Waals surface area contributed by atoms with Crippen LogP contribution in [0.1, 0.15) is 77.6 Å². The minimum atomic E-state index is -3.41. The second-order valence-electron chi connectivity index (χ2n) is 7.46. The summed E-state index contributed by atoms with van der Waals surface area (Å²) in [6.45, 7) is 2.18. The van der Waals surface area contributed by atoms with E-state index in [0.29, 0.717) is 12.3 Å². The highest BCUT2D eigenvalue weighted by molar-refractivity contribution is 5.60. The van der Waals surface area contributed by atoms with Gasteiger partial charge < -0.3 is 0 Å². The van der Waals surface area contributed by atoms with Gasteiger partial charge in [-0.2, -0.15) is 0 Å². The Hall–Kier alpha value is -2.13. The van der Waals surface area contributed by atoms with Crippen molar-refractivity contribution in [2.45, 2.75) is 89.3 Å². The van der Waals surface area contributed by atoms with Gasteiger partial charge in [-0.1, -0.05) is 58.3 Å². The Morgan fingerprint density at radius 1 is 0.926 bits per heavy atom. The van der Waals surface area contributed by atoms with E-state index in [4.69, 9.17) is 0 Å². The molecular formula is C17H29N3O7. The number of nitro groups is 3. The molecule has 0 aromatic heterocycles. The zero-order valence-corrected chi connectivity index (χ0v) is 15.8. The summed E-state index contributed by atoms with van der Waals surface area (Å²) in [6.07, 6.45) is 9.32. The monoisotopic (exact) mass is 387 g/mol. The Morgan fingerprint density at radius 3 is 1.85 bits per heavy atom. The fourth-order valence-corrected chi connectivity index (χ4v) is 3.72. The summed E-state index contributed by atoms with van der Waals surface area (Å²) in [5.41, 5.74) is -3.41. The van der Waals surface area contributed by atoms with Crippen LogP contribution in [0.15, 0.2) is 0 Å². The molecule has 3 unspecified atom stereocenters. The molecule has 0 bridgehead atoms. The van der Waals surface area contributed by atoms with E-state index in [1.807, 2.05) is 0 Å². The van der Waals surface area contributed by atoms with E-state index in [9.17, 15) is 35.1 Å². The molecule has 10 nitrogen and oxygen atoms in total. The molecule has 1 aliphatic carbocycles. The van der Waals surface area contributed by atoms with Crippen molar-refractivity contribution in [3.63, 3.8) is 0 Å². The lowest BCUT2D eigenvalue weighted by molar-refractivity contribution is -0.812. The number of aldehydes is 1. The van der Waals surface area contributed by atoms with Gasteiger partial charge in [0.15, 0.2) is 0 Å². The third-order valence-electron chi connectivity index (χ3n) is 5.55. The highest BCUT2D eigenvalue weighted by Gasteiger charge is 2.70. The molecule has 0 spiro atoms. The van der Waals surface area contributed by atoms with E-state index in [0.717, 1.165) is 18.8 Å². The minimum absolute atomic E-state index is 0.247. The zero-order chi connectivity index (χ0) is 20.4. The van der Waals surface area contributed by atoms with Gasteiger partial charge in [-0.3, -0.25) is 35.1 Å². The van der Waals surface area contributed by atoms with Crippen molar-refractivity contribution in [3.05, 3.63) is 30.3 Å². The third-order valence-corrected chi connectivity index (χ3v) is 5.55. The fraction of sp³-hybridized carbons (Fsp3) is 0.941. The first kappa shape index (κ1) is 22.9. The lowest BCUT2D eigenvalue weighted by Gasteiger charge is -2.15. The molecule has 0 amide bonds. The predicted molar refractivity (Wildman–Crippen MR) is 97.0 cm³/mol. The number of rotatable bonds is 16. The summed E-state index contributed by atoms with van der Waals surface area (Å²) in [4.78, 5) is 40.2. The fourth-order valence-electron chi connectivity index (χ4n) is 3.72. The molecule has 27 heavy (non-hydrogen) atoms. The Morgan fingerprint density at radius 2 is 1.44 bits per heavy atom. The summed E-state index contributed by atoms with van der Waals surface area (Å²) in [5, 5.41) is 33.2. The first-order chi connectivity index (χ1) is 12.8. The Bertz CT molecular complexity index is 527. The predicted octanol–water partition coefficient (Wildman–Crippen LogP) is 3.64. The topological polar surface area (TPSA) is 146 Å². The molecule has 0 N–H and O–H groups in total. The lowest BCUT2D eigenvalue weighted by atomic mass is 9.96. The van der Waals surface area contributed by atoms with Crippen molar-refractivity contribution < 1.29 is 19.6 Å². The average molecular weight is 387 g/mol. The Balaban J connectivity index is 2.36. The second kappa shape index (κ2) is 10.9. The van der Waals surface area contributed by atoms with Crippen LogP contribution < -0.4 is 0 Å². The van der Waals surface area contributed by atoms with Crippen LogP contribution in [0.25, 0.3) is 0 Å². The van der Waals surface area contributed by atoms with Crippen molar-refractivity contribution in [2.75, 3.05) is 0 Å². The molecule has 0 aliphatic heterocycles. The number of nitrogens with zero attached hydrogens (tertiary/aromatic N) is 3. The molecule has 1 saturated carbocycles. The van der Waals surface area contributed by atoms with Crippen LogP contribution in [0.2, 0.25) is 0 Å². The molecule has 1 fully saturated rings. The first-order valence-electron chi connectivity index (χ1n) is 9.70. The number of carbonyl (C=O) groups is 1. The van der Waals surface area contributed by atoms with Crippen molar-refractivity contribution in [3.8, 4) is 0 Å². The molecule has 1 rings (SSSR count). The van der Waals surface area contributed by atoms with E-state index < -0.39 is 32.8 Å². The zero-order valence-electron chi connectivity index (χ0n) is 15.8. The molecule has 10 heteroatoms. The summed E-state index contributed by atoms with van der Waals surface area (Å²) >= 11 is 0. The van der Waals surface area contributed by atoms with Gasteiger partial charge in [0.2, 0.25) is 0 Å². The van der Waals surface area contributed by atoms with Gasteiger partial charge in [-0.15, -0.1) is 0 Å². The third kappa shape index (κ3) is 6.21. The SMILES string of the molecule is CCCCCCC1CC1CCCCCC([N+](=O)[O-])C(C=O)([N+](=O)[O-])[N+](=O)[O-]. The van der Waals surface area contributed by atoms with Gasteiger partial charge in [0.05, 0.1) is 0 Å². The molecule has 0 aromatic rings. The van der Waals surface area contributed by atoms with Crippen molar-refractivity contribution >= 4 is 6.29 Å². The molecule has 3 atom stereocenters. The van der Waals surface area contributed by atoms with Crippen LogP contribution >= 0.6 is 0 Å². The normalized spacial score (nSPS) is 20.0. The van der Waals surface area contributed by atoms with Crippen molar-refractivity contribution in [2.24, 2.45) is 11.8 Å².